The molecule has 0 aromatic heterocycles. The second-order valence-electron chi connectivity index (χ2n) is 19.7. The Labute approximate surface area is 399 Å². The molecule has 3 atom stereocenters. The molecule has 0 saturated heterocycles. The molecule has 6 nitrogen and oxygen atoms in total. The lowest BCUT2D eigenvalue weighted by Crippen LogP contribution is -2.46. The normalized spacial score (nSPS) is 13.3. The molecule has 64 heavy (non-hydrogen) atoms. The molecule has 0 rings (SSSR count). The first kappa shape index (κ1) is 62.3. The summed E-state index contributed by atoms with van der Waals surface area (Å²) in [6, 6.07) is -0.708. The van der Waals surface area contributed by atoms with E-state index in [4.69, 9.17) is 4.74 Å². The minimum atomic E-state index is -0.793. The molecule has 0 aliphatic carbocycles. The number of aliphatic hydroxyl groups is 2. The number of unbranched alkanes of at least 4 members (excludes halogenated alkanes) is 36. The van der Waals surface area contributed by atoms with Crippen LogP contribution in [0.15, 0.2) is 24.3 Å². The van der Waals surface area contributed by atoms with Crippen LogP contribution in [-0.2, 0) is 14.3 Å². The van der Waals surface area contributed by atoms with Crippen molar-refractivity contribution in [2.45, 2.75) is 328 Å². The first-order chi connectivity index (χ1) is 31.5. The Hall–Kier alpha value is -1.66. The van der Waals surface area contributed by atoms with Crippen LogP contribution in [0.5, 0.6) is 0 Å². The highest BCUT2D eigenvalue weighted by molar-refractivity contribution is 5.77. The van der Waals surface area contributed by atoms with Crippen LogP contribution in [0, 0.1) is 0 Å². The Balaban J connectivity index is 4.47. The Morgan fingerprint density at radius 2 is 0.766 bits per heavy atom. The highest BCUT2D eigenvalue weighted by Gasteiger charge is 2.24. The first-order valence-electron chi connectivity index (χ1n) is 28.6. The lowest BCUT2D eigenvalue weighted by atomic mass is 10.0. The Kier molecular flexibility index (Phi) is 51.0. The van der Waals surface area contributed by atoms with Crippen molar-refractivity contribution < 1.29 is 24.5 Å². The van der Waals surface area contributed by atoms with E-state index in [1.807, 2.05) is 0 Å². The van der Waals surface area contributed by atoms with Gasteiger partial charge in [-0.05, 0) is 70.6 Å². The van der Waals surface area contributed by atoms with Crippen LogP contribution in [-0.4, -0.2) is 46.9 Å². The molecule has 3 unspecified atom stereocenters. The van der Waals surface area contributed by atoms with Crippen LogP contribution in [0.1, 0.15) is 310 Å². The molecule has 0 aromatic rings. The molecule has 0 aromatic carbocycles. The van der Waals surface area contributed by atoms with Gasteiger partial charge in [0.15, 0.2) is 0 Å². The number of carbonyl (C=O) groups excluding carboxylic acids is 2. The maximum absolute atomic E-state index is 13.2. The molecule has 0 saturated carbocycles. The first-order valence-corrected chi connectivity index (χ1v) is 28.6. The molecule has 0 spiro atoms. The van der Waals surface area contributed by atoms with E-state index < -0.39 is 18.2 Å². The molecule has 1 amide bonds. The Morgan fingerprint density at radius 3 is 1.14 bits per heavy atom. The third-order valence-corrected chi connectivity index (χ3v) is 13.3. The molecule has 0 aliphatic rings. The van der Waals surface area contributed by atoms with E-state index in [2.05, 4.69) is 50.4 Å². The van der Waals surface area contributed by atoms with Crippen molar-refractivity contribution >= 4 is 11.9 Å². The summed E-state index contributed by atoms with van der Waals surface area (Å²) in [5.41, 5.74) is 0. The van der Waals surface area contributed by atoms with Gasteiger partial charge in [0.25, 0.3) is 0 Å². The number of hydrogen-bond donors (Lipinski definition) is 3. The molecular formula is C58H111NO5. The van der Waals surface area contributed by atoms with Gasteiger partial charge in [0, 0.05) is 6.42 Å². The highest BCUT2D eigenvalue weighted by Crippen LogP contribution is 2.18. The average Bonchev–Trinajstić information content (AvgIpc) is 3.29. The van der Waals surface area contributed by atoms with Gasteiger partial charge in [-0.3, -0.25) is 9.59 Å². The number of allylic oxidation sites excluding steroid dienone is 4. The van der Waals surface area contributed by atoms with Gasteiger partial charge in [0.2, 0.25) is 5.91 Å². The van der Waals surface area contributed by atoms with Gasteiger partial charge in [-0.25, -0.2) is 0 Å². The third-order valence-electron chi connectivity index (χ3n) is 13.3. The fourth-order valence-corrected chi connectivity index (χ4v) is 8.90. The number of aliphatic hydroxyl groups excluding tert-OH is 2. The SMILES string of the molecule is CCCCCCCC/C=C\CCCC(CC(=O)NC(CO)C(O)CCCCCCCCCCCCCCCCCC)OC(=O)CCCCCCC/C=C/CCCCCCCCCCC. The predicted molar refractivity (Wildman–Crippen MR) is 278 cm³/mol. The minimum absolute atomic E-state index is 0.0577. The number of esters is 1. The van der Waals surface area contributed by atoms with Crippen LogP contribution in [0.25, 0.3) is 0 Å². The molecule has 3 N–H and O–H groups in total. The monoisotopic (exact) mass is 902 g/mol. The van der Waals surface area contributed by atoms with Crippen molar-refractivity contribution in [2.24, 2.45) is 0 Å². The van der Waals surface area contributed by atoms with Crippen molar-refractivity contribution in [3.05, 3.63) is 24.3 Å². The zero-order valence-corrected chi connectivity index (χ0v) is 43.2. The lowest BCUT2D eigenvalue weighted by Gasteiger charge is -2.24. The number of nitrogens with one attached hydrogen (secondary N) is 1. The van der Waals surface area contributed by atoms with E-state index in [1.54, 1.807) is 0 Å². The lowest BCUT2D eigenvalue weighted by molar-refractivity contribution is -0.151. The molecule has 0 fully saturated rings. The standard InChI is InChI=1S/C58H111NO5/c1-4-7-10-13-16-19-22-24-26-28-29-31-33-36-39-42-45-48-51-58(63)64-54(49-46-43-40-37-34-21-18-15-12-9-6-3)52-57(62)59-55(53-60)56(61)50-47-44-41-38-35-32-30-27-25-23-20-17-14-11-8-5-2/h29,31,37,40,54-56,60-61H,4-28,30,32-36,38-39,41-53H2,1-3H3,(H,59,62)/b31-29+,40-37-. The summed E-state index contributed by atoms with van der Waals surface area (Å²) in [7, 11) is 0. The zero-order chi connectivity index (χ0) is 46.7. The van der Waals surface area contributed by atoms with Crippen molar-refractivity contribution in [3.8, 4) is 0 Å². The zero-order valence-electron chi connectivity index (χ0n) is 43.2. The Morgan fingerprint density at radius 1 is 0.438 bits per heavy atom. The van der Waals surface area contributed by atoms with Gasteiger partial charge in [-0.1, -0.05) is 251 Å². The van der Waals surface area contributed by atoms with Crippen molar-refractivity contribution in [3.63, 3.8) is 0 Å². The van der Waals surface area contributed by atoms with Crippen molar-refractivity contribution in [1.29, 1.82) is 0 Å². The van der Waals surface area contributed by atoms with Crippen molar-refractivity contribution in [1.82, 2.24) is 5.32 Å². The van der Waals surface area contributed by atoms with E-state index in [0.29, 0.717) is 19.3 Å². The summed E-state index contributed by atoms with van der Waals surface area (Å²) in [5, 5.41) is 23.8. The summed E-state index contributed by atoms with van der Waals surface area (Å²) < 4.78 is 5.93. The minimum Gasteiger partial charge on any atom is -0.462 e. The molecule has 378 valence electrons. The van der Waals surface area contributed by atoms with Crippen LogP contribution in [0.2, 0.25) is 0 Å². The summed E-state index contributed by atoms with van der Waals surface area (Å²) >= 11 is 0. The van der Waals surface area contributed by atoms with Crippen LogP contribution < -0.4 is 5.32 Å². The topological polar surface area (TPSA) is 95.9 Å². The average molecular weight is 903 g/mol. The van der Waals surface area contributed by atoms with E-state index in [9.17, 15) is 19.8 Å². The van der Waals surface area contributed by atoms with E-state index in [-0.39, 0.29) is 24.9 Å². The van der Waals surface area contributed by atoms with Crippen molar-refractivity contribution in [2.75, 3.05) is 6.61 Å². The molecule has 6 heteroatoms. The number of amides is 1. The van der Waals surface area contributed by atoms with Gasteiger partial charge < -0.3 is 20.3 Å². The van der Waals surface area contributed by atoms with Crippen LogP contribution in [0.3, 0.4) is 0 Å². The second kappa shape index (κ2) is 52.3. The fourth-order valence-electron chi connectivity index (χ4n) is 8.90. The van der Waals surface area contributed by atoms with Gasteiger partial charge >= 0.3 is 5.97 Å². The number of ether oxygens (including phenoxy) is 1. The molecule has 0 radical (unpaired) electrons. The van der Waals surface area contributed by atoms with Gasteiger partial charge in [0.05, 0.1) is 25.2 Å². The largest absolute Gasteiger partial charge is 0.462 e. The van der Waals surface area contributed by atoms with Crippen LogP contribution >= 0.6 is 0 Å². The van der Waals surface area contributed by atoms with Gasteiger partial charge in [0.1, 0.15) is 6.10 Å². The molecule has 0 aliphatic heterocycles. The summed E-state index contributed by atoms with van der Waals surface area (Å²) in [4.78, 5) is 26.2. The summed E-state index contributed by atoms with van der Waals surface area (Å²) in [5.74, 6) is -0.498. The fraction of sp³-hybridized carbons (Fsp3) is 0.897. The maximum Gasteiger partial charge on any atom is 0.306 e. The number of carbonyl (C=O) groups is 2. The molecular weight excluding hydrogens is 791 g/mol. The third kappa shape index (κ3) is 46.9. The number of rotatable bonds is 52. The van der Waals surface area contributed by atoms with E-state index in [1.165, 1.54) is 205 Å². The predicted octanol–water partition coefficient (Wildman–Crippen LogP) is 17.5. The summed E-state index contributed by atoms with van der Waals surface area (Å²) in [6.45, 7) is 6.50. The second-order valence-corrected chi connectivity index (χ2v) is 19.7. The molecule has 0 bridgehead atoms. The van der Waals surface area contributed by atoms with Gasteiger partial charge in [-0.2, -0.15) is 0 Å². The number of hydrogen-bond acceptors (Lipinski definition) is 5. The van der Waals surface area contributed by atoms with Crippen LogP contribution in [0.4, 0.5) is 0 Å². The van der Waals surface area contributed by atoms with E-state index in [0.717, 1.165) is 57.8 Å². The Bertz CT molecular complexity index is 1010. The quantitative estimate of drug-likeness (QED) is 0.0321. The summed E-state index contributed by atoms with van der Waals surface area (Å²) in [6.07, 6.45) is 61.1. The smallest absolute Gasteiger partial charge is 0.306 e. The molecule has 0 heterocycles. The highest BCUT2D eigenvalue weighted by atomic mass is 16.5. The maximum atomic E-state index is 13.2. The van der Waals surface area contributed by atoms with E-state index >= 15 is 0 Å². The van der Waals surface area contributed by atoms with Gasteiger partial charge in [-0.15, -0.1) is 0 Å².